The van der Waals surface area contributed by atoms with Crippen LogP contribution in [0.5, 0.6) is 0 Å². The van der Waals surface area contributed by atoms with Crippen LogP contribution in [-0.2, 0) is 20.6 Å². The Morgan fingerprint density at radius 1 is 1.33 bits per heavy atom. The first-order valence-electron chi connectivity index (χ1n) is 7.06. The van der Waals surface area contributed by atoms with Gasteiger partial charge in [0.2, 0.25) is 10.0 Å². The first kappa shape index (κ1) is 16.8. The maximum atomic E-state index is 12.8. The van der Waals surface area contributed by atoms with Gasteiger partial charge in [0.1, 0.15) is 16.4 Å². The van der Waals surface area contributed by atoms with Crippen molar-refractivity contribution in [2.45, 2.75) is 37.5 Å². The molecule has 5 nitrogen and oxygen atoms in total. The molecule has 1 unspecified atom stereocenters. The zero-order valence-corrected chi connectivity index (χ0v) is 14.3. The van der Waals surface area contributed by atoms with Gasteiger partial charge < -0.3 is 9.15 Å². The van der Waals surface area contributed by atoms with E-state index in [2.05, 4.69) is 0 Å². The number of halogens is 1. The number of nitrogens with zero attached hydrogens (tertiary/aromatic N) is 1. The fraction of sp³-hybridized carbons (Fsp3) is 0.714. The molecule has 2 rings (SSSR count). The molecule has 1 aromatic heterocycles. The number of hydrogen-bond acceptors (Lipinski definition) is 4. The molecule has 0 radical (unpaired) electrons. The molecule has 0 bridgehead atoms. The minimum atomic E-state index is -3.59. The summed E-state index contributed by atoms with van der Waals surface area (Å²) in [5, 5.41) is 0. The Morgan fingerprint density at radius 2 is 2.05 bits per heavy atom. The van der Waals surface area contributed by atoms with Gasteiger partial charge in [-0.05, 0) is 32.6 Å². The van der Waals surface area contributed by atoms with E-state index in [1.807, 2.05) is 0 Å². The van der Waals surface area contributed by atoms with E-state index >= 15 is 0 Å². The summed E-state index contributed by atoms with van der Waals surface area (Å²) in [6, 6.07) is 0. The van der Waals surface area contributed by atoms with Gasteiger partial charge in [0.15, 0.2) is 0 Å². The summed E-state index contributed by atoms with van der Waals surface area (Å²) in [6.07, 6.45) is 1.97. The maximum absolute atomic E-state index is 12.8. The molecule has 1 atom stereocenters. The molecule has 0 aliphatic carbocycles. The Labute approximate surface area is 131 Å². The van der Waals surface area contributed by atoms with Gasteiger partial charge in [-0.15, -0.1) is 11.6 Å². The van der Waals surface area contributed by atoms with Crippen LogP contribution in [0.25, 0.3) is 0 Å². The molecule has 0 aromatic carbocycles. The van der Waals surface area contributed by atoms with Crippen molar-refractivity contribution in [1.82, 2.24) is 4.31 Å². The third-order valence-corrected chi connectivity index (χ3v) is 6.18. The van der Waals surface area contributed by atoms with Crippen molar-refractivity contribution in [3.63, 3.8) is 0 Å². The van der Waals surface area contributed by atoms with E-state index in [0.29, 0.717) is 30.2 Å². The van der Waals surface area contributed by atoms with Crippen molar-refractivity contribution in [3.05, 3.63) is 17.1 Å². The zero-order valence-electron chi connectivity index (χ0n) is 12.7. The number of rotatable bonds is 5. The lowest BCUT2D eigenvalue weighted by molar-refractivity contribution is 0.0495. The molecule has 0 N–H and O–H groups in total. The SMILES string of the molecule is Cc1oc(C)c(S(=O)(=O)N(C)CC2CCCOC2)c1CCl. The molecule has 1 aliphatic rings. The monoisotopic (exact) mass is 335 g/mol. The molecule has 1 saturated heterocycles. The van der Waals surface area contributed by atoms with Crippen LogP contribution in [0, 0.1) is 19.8 Å². The van der Waals surface area contributed by atoms with E-state index in [9.17, 15) is 8.42 Å². The lowest BCUT2D eigenvalue weighted by Crippen LogP contribution is -2.35. The second kappa shape index (κ2) is 6.69. The van der Waals surface area contributed by atoms with Crippen LogP contribution >= 0.6 is 11.6 Å². The topological polar surface area (TPSA) is 59.8 Å². The summed E-state index contributed by atoms with van der Waals surface area (Å²) in [5.74, 6) is 1.33. The predicted octanol–water partition coefficient (Wildman–Crippen LogP) is 2.68. The van der Waals surface area contributed by atoms with Crippen molar-refractivity contribution in [2.75, 3.05) is 26.8 Å². The predicted molar refractivity (Wildman–Crippen MR) is 81.1 cm³/mol. The lowest BCUT2D eigenvalue weighted by atomic mass is 10.0. The second-order valence-corrected chi connectivity index (χ2v) is 7.77. The van der Waals surface area contributed by atoms with E-state index in [4.69, 9.17) is 20.8 Å². The Balaban J connectivity index is 2.24. The molecular weight excluding hydrogens is 314 g/mol. The van der Waals surface area contributed by atoms with E-state index in [1.54, 1.807) is 20.9 Å². The van der Waals surface area contributed by atoms with Crippen LogP contribution in [0.3, 0.4) is 0 Å². The quantitative estimate of drug-likeness (QED) is 0.776. The second-order valence-electron chi connectivity index (χ2n) is 5.52. The maximum Gasteiger partial charge on any atom is 0.246 e. The van der Waals surface area contributed by atoms with Crippen molar-refractivity contribution in [3.8, 4) is 0 Å². The smallest absolute Gasteiger partial charge is 0.246 e. The molecular formula is C14H22ClNO4S. The Kier molecular flexibility index (Phi) is 5.35. The zero-order chi connectivity index (χ0) is 15.6. The summed E-state index contributed by atoms with van der Waals surface area (Å²) in [7, 11) is -1.99. The number of ether oxygens (including phenoxy) is 1. The minimum Gasteiger partial charge on any atom is -0.465 e. The van der Waals surface area contributed by atoms with Gasteiger partial charge in [0, 0.05) is 25.8 Å². The normalized spacial score (nSPS) is 20.1. The fourth-order valence-electron chi connectivity index (χ4n) is 2.77. The highest BCUT2D eigenvalue weighted by Gasteiger charge is 2.31. The van der Waals surface area contributed by atoms with Crippen molar-refractivity contribution in [1.29, 1.82) is 0 Å². The summed E-state index contributed by atoms with van der Waals surface area (Å²) < 4.78 is 37.8. The van der Waals surface area contributed by atoms with Crippen LogP contribution in [0.1, 0.15) is 29.9 Å². The largest absolute Gasteiger partial charge is 0.465 e. The molecule has 0 amide bonds. The Hall–Kier alpha value is -0.560. The molecule has 0 spiro atoms. The van der Waals surface area contributed by atoms with Crippen molar-refractivity contribution < 1.29 is 17.6 Å². The van der Waals surface area contributed by atoms with Crippen LogP contribution < -0.4 is 0 Å². The van der Waals surface area contributed by atoms with Gasteiger partial charge in [-0.1, -0.05) is 0 Å². The molecule has 120 valence electrons. The van der Waals surface area contributed by atoms with Gasteiger partial charge in [0.25, 0.3) is 0 Å². The summed E-state index contributed by atoms with van der Waals surface area (Å²) in [4.78, 5) is 0.217. The summed E-state index contributed by atoms with van der Waals surface area (Å²) >= 11 is 5.89. The third kappa shape index (κ3) is 3.44. The first-order valence-corrected chi connectivity index (χ1v) is 9.04. The van der Waals surface area contributed by atoms with Crippen molar-refractivity contribution in [2.24, 2.45) is 5.92 Å². The Bertz CT molecular complexity index is 590. The van der Waals surface area contributed by atoms with E-state index < -0.39 is 10.0 Å². The molecule has 7 heteroatoms. The van der Waals surface area contributed by atoms with Crippen LogP contribution in [0.15, 0.2) is 9.31 Å². The highest BCUT2D eigenvalue weighted by atomic mass is 35.5. The van der Waals surface area contributed by atoms with Gasteiger partial charge in [0.05, 0.1) is 12.5 Å². The minimum absolute atomic E-state index is 0.123. The third-order valence-electron chi connectivity index (χ3n) is 3.90. The van der Waals surface area contributed by atoms with E-state index in [1.165, 1.54) is 4.31 Å². The van der Waals surface area contributed by atoms with E-state index in [0.717, 1.165) is 19.4 Å². The molecule has 1 aliphatic heterocycles. The van der Waals surface area contributed by atoms with Gasteiger partial charge in [-0.3, -0.25) is 0 Å². The van der Waals surface area contributed by atoms with Crippen molar-refractivity contribution >= 4 is 21.6 Å². The van der Waals surface area contributed by atoms with Crippen LogP contribution in [-0.4, -0.2) is 39.5 Å². The average Bonchev–Trinajstić information content (AvgIpc) is 2.74. The van der Waals surface area contributed by atoms with Crippen LogP contribution in [0.2, 0.25) is 0 Å². The Morgan fingerprint density at radius 3 is 2.62 bits per heavy atom. The lowest BCUT2D eigenvalue weighted by Gasteiger charge is -2.26. The standard InChI is InChI=1S/C14H22ClNO4S/c1-10-13(7-15)14(11(2)20-10)21(17,18)16(3)8-12-5-4-6-19-9-12/h12H,4-9H2,1-3H3. The van der Waals surface area contributed by atoms with Gasteiger partial charge >= 0.3 is 0 Å². The highest BCUT2D eigenvalue weighted by molar-refractivity contribution is 7.89. The van der Waals surface area contributed by atoms with Gasteiger partial charge in [-0.25, -0.2) is 12.7 Å². The summed E-state index contributed by atoms with van der Waals surface area (Å²) in [5.41, 5.74) is 0.556. The number of alkyl halides is 1. The fourth-order valence-corrected chi connectivity index (χ4v) is 4.82. The number of sulfonamides is 1. The molecule has 0 saturated carbocycles. The number of hydrogen-bond donors (Lipinski definition) is 0. The number of aryl methyl sites for hydroxylation is 2. The molecule has 1 fully saturated rings. The summed E-state index contributed by atoms with van der Waals surface area (Å²) in [6.45, 7) is 5.23. The average molecular weight is 336 g/mol. The molecule has 2 heterocycles. The van der Waals surface area contributed by atoms with Gasteiger partial charge in [-0.2, -0.15) is 0 Å². The molecule has 21 heavy (non-hydrogen) atoms. The number of furan rings is 1. The highest BCUT2D eigenvalue weighted by Crippen LogP contribution is 2.30. The first-order chi connectivity index (χ1) is 9.87. The van der Waals surface area contributed by atoms with E-state index in [-0.39, 0.29) is 16.7 Å². The molecule has 1 aromatic rings. The van der Waals surface area contributed by atoms with Crippen LogP contribution in [0.4, 0.5) is 0 Å².